The van der Waals surface area contributed by atoms with Crippen LogP contribution in [0.4, 0.5) is 17.2 Å². The summed E-state index contributed by atoms with van der Waals surface area (Å²) < 4.78 is 0. The van der Waals surface area contributed by atoms with Crippen LogP contribution in [-0.4, -0.2) is 15.1 Å². The first-order valence-electron chi connectivity index (χ1n) is 4.80. The van der Waals surface area contributed by atoms with Gasteiger partial charge in [-0.2, -0.15) is 0 Å². The number of nitrogens with one attached hydrogen (secondary N) is 2. The number of aryl methyl sites for hydroxylation is 1. The summed E-state index contributed by atoms with van der Waals surface area (Å²) in [4.78, 5) is 10.4. The number of nitro groups is 1. The Kier molecular flexibility index (Phi) is 2.97. The molecular weight excluding hydrogens is 244 g/mol. The van der Waals surface area contributed by atoms with E-state index in [2.05, 4.69) is 15.5 Å². The Labute approximate surface area is 102 Å². The van der Waals surface area contributed by atoms with Crippen molar-refractivity contribution in [1.82, 2.24) is 10.2 Å². The third-order valence-corrected chi connectivity index (χ3v) is 2.46. The number of aromatic amines is 1. The molecule has 0 aliphatic rings. The Morgan fingerprint density at radius 2 is 2.06 bits per heavy atom. The fourth-order valence-electron chi connectivity index (χ4n) is 1.40. The molecule has 2 aromatic rings. The van der Waals surface area contributed by atoms with E-state index in [1.165, 1.54) is 0 Å². The Bertz CT molecular complexity index is 550. The van der Waals surface area contributed by atoms with Gasteiger partial charge in [0.2, 0.25) is 5.82 Å². The average Bonchev–Trinajstić information content (AvgIpc) is 2.63. The Hall–Kier alpha value is -2.08. The monoisotopic (exact) mass is 252 g/mol. The number of rotatable bonds is 3. The molecule has 2 rings (SSSR count). The fourth-order valence-corrected chi connectivity index (χ4v) is 1.53. The van der Waals surface area contributed by atoms with Crippen LogP contribution in [0, 0.1) is 17.0 Å². The lowest BCUT2D eigenvalue weighted by molar-refractivity contribution is -0.384. The molecule has 88 valence electrons. The predicted octanol–water partition coefficient (Wildman–Crippen LogP) is 3.02. The van der Waals surface area contributed by atoms with Crippen molar-refractivity contribution in [1.29, 1.82) is 0 Å². The van der Waals surface area contributed by atoms with Crippen LogP contribution in [0.25, 0.3) is 0 Å². The van der Waals surface area contributed by atoms with E-state index in [-0.39, 0.29) is 11.5 Å². The van der Waals surface area contributed by atoms with Crippen LogP contribution < -0.4 is 5.32 Å². The van der Waals surface area contributed by atoms with Crippen LogP contribution in [0.2, 0.25) is 5.02 Å². The van der Waals surface area contributed by atoms with Gasteiger partial charge in [-0.1, -0.05) is 11.6 Å². The Balaban J connectivity index is 2.30. The van der Waals surface area contributed by atoms with Gasteiger partial charge in [0.1, 0.15) is 5.69 Å². The molecule has 1 aromatic carbocycles. The van der Waals surface area contributed by atoms with Crippen LogP contribution in [0.3, 0.4) is 0 Å². The van der Waals surface area contributed by atoms with Crippen molar-refractivity contribution in [3.63, 3.8) is 0 Å². The lowest BCUT2D eigenvalue weighted by Crippen LogP contribution is -1.96. The molecule has 0 aliphatic carbocycles. The number of hydrogen-bond acceptors (Lipinski definition) is 4. The molecule has 0 unspecified atom stereocenters. The van der Waals surface area contributed by atoms with Crippen molar-refractivity contribution in [2.24, 2.45) is 0 Å². The number of halogens is 1. The first-order chi connectivity index (χ1) is 8.08. The van der Waals surface area contributed by atoms with Gasteiger partial charge in [0, 0.05) is 10.7 Å². The van der Waals surface area contributed by atoms with E-state index in [9.17, 15) is 10.1 Å². The lowest BCUT2D eigenvalue weighted by atomic mass is 10.3. The predicted molar refractivity (Wildman–Crippen MR) is 64.7 cm³/mol. The topological polar surface area (TPSA) is 83.8 Å². The second-order valence-corrected chi connectivity index (χ2v) is 3.87. The number of anilines is 2. The fraction of sp³-hybridized carbons (Fsp3) is 0.100. The van der Waals surface area contributed by atoms with Crippen LogP contribution >= 0.6 is 11.6 Å². The van der Waals surface area contributed by atoms with Gasteiger partial charge >= 0.3 is 5.69 Å². The normalized spacial score (nSPS) is 10.2. The quantitative estimate of drug-likeness (QED) is 0.650. The minimum atomic E-state index is -0.475. The molecule has 0 bridgehead atoms. The number of benzene rings is 1. The number of H-pyrrole nitrogens is 1. The smallest absolute Gasteiger partial charge is 0.333 e. The molecule has 0 saturated heterocycles. The van der Waals surface area contributed by atoms with Gasteiger partial charge in [0.15, 0.2) is 0 Å². The number of aromatic nitrogens is 2. The molecule has 17 heavy (non-hydrogen) atoms. The summed E-state index contributed by atoms with van der Waals surface area (Å²) in [6.45, 7) is 1.60. The minimum absolute atomic E-state index is 0.0556. The lowest BCUT2D eigenvalue weighted by Gasteiger charge is -2.02. The standard InChI is InChI=1S/C10H9ClN4O2/c1-6-9(15(16)17)10(14-13-6)12-8-4-2-7(11)3-5-8/h2-5H,1H3,(H2,12,13,14). The van der Waals surface area contributed by atoms with Gasteiger partial charge in [-0.05, 0) is 31.2 Å². The Morgan fingerprint density at radius 1 is 1.41 bits per heavy atom. The molecule has 0 fully saturated rings. The second-order valence-electron chi connectivity index (χ2n) is 3.43. The van der Waals surface area contributed by atoms with Crippen molar-refractivity contribution in [2.45, 2.75) is 6.92 Å². The molecule has 2 N–H and O–H groups in total. The van der Waals surface area contributed by atoms with E-state index in [4.69, 9.17) is 11.6 Å². The summed E-state index contributed by atoms with van der Waals surface area (Å²) in [7, 11) is 0. The first-order valence-corrected chi connectivity index (χ1v) is 5.17. The molecule has 1 heterocycles. The van der Waals surface area contributed by atoms with Crippen LogP contribution in [0.1, 0.15) is 5.69 Å². The van der Waals surface area contributed by atoms with Crippen molar-refractivity contribution in [2.75, 3.05) is 5.32 Å². The molecule has 1 aromatic heterocycles. The molecule has 0 amide bonds. The highest BCUT2D eigenvalue weighted by Gasteiger charge is 2.21. The summed E-state index contributed by atoms with van der Waals surface area (Å²) >= 11 is 5.74. The maximum absolute atomic E-state index is 10.8. The third-order valence-electron chi connectivity index (χ3n) is 2.20. The zero-order valence-corrected chi connectivity index (χ0v) is 9.65. The molecule has 0 atom stereocenters. The van der Waals surface area contributed by atoms with Gasteiger partial charge in [0.25, 0.3) is 0 Å². The van der Waals surface area contributed by atoms with Gasteiger partial charge in [0.05, 0.1) is 4.92 Å². The molecule has 7 heteroatoms. The van der Waals surface area contributed by atoms with Crippen LogP contribution in [0.5, 0.6) is 0 Å². The van der Waals surface area contributed by atoms with Crippen molar-refractivity contribution >= 4 is 28.8 Å². The molecule has 0 aliphatic heterocycles. The van der Waals surface area contributed by atoms with Gasteiger partial charge in [-0.25, -0.2) is 0 Å². The third kappa shape index (κ3) is 2.36. The van der Waals surface area contributed by atoms with E-state index in [1.807, 2.05) is 0 Å². The van der Waals surface area contributed by atoms with Crippen molar-refractivity contribution in [3.05, 3.63) is 45.1 Å². The summed E-state index contributed by atoms with van der Waals surface area (Å²) in [5, 5.41) is 20.7. The van der Waals surface area contributed by atoms with Crippen LogP contribution in [0.15, 0.2) is 24.3 Å². The maximum Gasteiger partial charge on any atom is 0.333 e. The van der Waals surface area contributed by atoms with Gasteiger partial charge in [-0.15, -0.1) is 5.10 Å². The SMILES string of the molecule is Cc1[nH]nc(Nc2ccc(Cl)cc2)c1[N+](=O)[O-]. The summed E-state index contributed by atoms with van der Waals surface area (Å²) in [5.74, 6) is 0.190. The molecule has 0 saturated carbocycles. The molecular formula is C10H9ClN4O2. The second kappa shape index (κ2) is 4.42. The van der Waals surface area contributed by atoms with E-state index in [1.54, 1.807) is 31.2 Å². The number of nitrogens with zero attached hydrogens (tertiary/aromatic N) is 2. The maximum atomic E-state index is 10.8. The van der Waals surface area contributed by atoms with Gasteiger partial charge in [-0.3, -0.25) is 15.2 Å². The minimum Gasteiger partial charge on any atom is -0.333 e. The summed E-state index contributed by atoms with van der Waals surface area (Å²) in [5.41, 5.74) is 1.04. The van der Waals surface area contributed by atoms with E-state index >= 15 is 0 Å². The summed E-state index contributed by atoms with van der Waals surface area (Å²) in [6.07, 6.45) is 0. The first kappa shape index (κ1) is 11.4. The Morgan fingerprint density at radius 3 is 2.65 bits per heavy atom. The molecule has 0 radical (unpaired) electrons. The largest absolute Gasteiger partial charge is 0.333 e. The van der Waals surface area contributed by atoms with Gasteiger partial charge < -0.3 is 5.32 Å². The zero-order valence-electron chi connectivity index (χ0n) is 8.90. The van der Waals surface area contributed by atoms with Crippen LogP contribution in [-0.2, 0) is 0 Å². The molecule has 6 nitrogen and oxygen atoms in total. The zero-order chi connectivity index (χ0) is 12.4. The van der Waals surface area contributed by atoms with E-state index in [0.717, 1.165) is 0 Å². The molecule has 0 spiro atoms. The van der Waals surface area contributed by atoms with Crippen molar-refractivity contribution in [3.8, 4) is 0 Å². The summed E-state index contributed by atoms with van der Waals surface area (Å²) in [6, 6.07) is 6.82. The number of hydrogen-bond donors (Lipinski definition) is 2. The average molecular weight is 253 g/mol. The highest BCUT2D eigenvalue weighted by molar-refractivity contribution is 6.30. The van der Waals surface area contributed by atoms with Crippen molar-refractivity contribution < 1.29 is 4.92 Å². The highest BCUT2D eigenvalue weighted by atomic mass is 35.5. The highest BCUT2D eigenvalue weighted by Crippen LogP contribution is 2.28. The van der Waals surface area contributed by atoms with E-state index in [0.29, 0.717) is 16.4 Å². The van der Waals surface area contributed by atoms with E-state index < -0.39 is 4.92 Å².